The topological polar surface area (TPSA) is 41.5 Å². The summed E-state index contributed by atoms with van der Waals surface area (Å²) in [4.78, 5) is 0. The minimum Gasteiger partial charge on any atom is -0.387 e. The first-order valence-electron chi connectivity index (χ1n) is 6.78. The number of hydrogen-bond donors (Lipinski definition) is 2. The van der Waals surface area contributed by atoms with Crippen LogP contribution >= 0.6 is 15.9 Å². The van der Waals surface area contributed by atoms with Crippen molar-refractivity contribution in [2.24, 2.45) is 5.41 Å². The van der Waals surface area contributed by atoms with Gasteiger partial charge in [0.05, 0.1) is 6.10 Å². The van der Waals surface area contributed by atoms with Crippen molar-refractivity contribution in [1.82, 2.24) is 5.32 Å². The third-order valence-electron chi connectivity index (χ3n) is 3.86. The van der Waals surface area contributed by atoms with Gasteiger partial charge in [0.2, 0.25) is 0 Å². The molecule has 1 atom stereocenters. The minimum atomic E-state index is -0.448. The van der Waals surface area contributed by atoms with E-state index in [2.05, 4.69) is 21.2 Å². The van der Waals surface area contributed by atoms with Crippen molar-refractivity contribution < 1.29 is 9.84 Å². The predicted octanol–water partition coefficient (Wildman–Crippen LogP) is 2.89. The standard InChI is InChI=1S/C15H22BrNO2/c1-19-8-7-15(5-6-15)11-17-10-14(18)12-3-2-4-13(16)9-12/h2-4,9,14,17-18H,5-8,10-11H2,1H3. The molecule has 0 spiro atoms. The van der Waals surface area contributed by atoms with E-state index in [0.29, 0.717) is 12.0 Å². The average molecular weight is 328 g/mol. The summed E-state index contributed by atoms with van der Waals surface area (Å²) in [7, 11) is 1.75. The quantitative estimate of drug-likeness (QED) is 0.771. The minimum absolute atomic E-state index is 0.424. The Hall–Kier alpha value is -0.420. The number of rotatable bonds is 8. The summed E-state index contributed by atoms with van der Waals surface area (Å²) in [6.45, 7) is 2.41. The second-order valence-corrected chi connectivity index (χ2v) is 6.36. The largest absolute Gasteiger partial charge is 0.387 e. The van der Waals surface area contributed by atoms with Crippen molar-refractivity contribution in [3.8, 4) is 0 Å². The van der Waals surface area contributed by atoms with E-state index in [-0.39, 0.29) is 0 Å². The van der Waals surface area contributed by atoms with Crippen LogP contribution in [0.15, 0.2) is 28.7 Å². The molecule has 0 radical (unpaired) electrons. The average Bonchev–Trinajstić information content (AvgIpc) is 3.17. The summed E-state index contributed by atoms with van der Waals surface area (Å²) >= 11 is 3.42. The van der Waals surface area contributed by atoms with Crippen LogP contribution in [0.1, 0.15) is 30.9 Å². The second-order valence-electron chi connectivity index (χ2n) is 5.44. The molecule has 1 aromatic carbocycles. The number of methoxy groups -OCH3 is 1. The number of hydrogen-bond acceptors (Lipinski definition) is 3. The Morgan fingerprint density at radius 2 is 2.26 bits per heavy atom. The van der Waals surface area contributed by atoms with Crippen LogP contribution in [0.3, 0.4) is 0 Å². The number of nitrogens with one attached hydrogen (secondary N) is 1. The first-order valence-corrected chi connectivity index (χ1v) is 7.58. The molecule has 2 N–H and O–H groups in total. The van der Waals surface area contributed by atoms with Gasteiger partial charge in [-0.1, -0.05) is 28.1 Å². The van der Waals surface area contributed by atoms with Crippen molar-refractivity contribution in [2.75, 3.05) is 26.8 Å². The lowest BCUT2D eigenvalue weighted by molar-refractivity contribution is 0.158. The van der Waals surface area contributed by atoms with Crippen molar-refractivity contribution in [2.45, 2.75) is 25.4 Å². The second kappa shape index (κ2) is 6.84. The van der Waals surface area contributed by atoms with Crippen LogP contribution in [0.5, 0.6) is 0 Å². The van der Waals surface area contributed by atoms with Gasteiger partial charge in [-0.15, -0.1) is 0 Å². The molecule has 1 aromatic rings. The normalized spacial score (nSPS) is 18.3. The SMILES string of the molecule is COCCC1(CNCC(O)c2cccc(Br)c2)CC1. The lowest BCUT2D eigenvalue weighted by atomic mass is 10.0. The highest BCUT2D eigenvalue weighted by Gasteiger charge is 2.41. The van der Waals surface area contributed by atoms with E-state index >= 15 is 0 Å². The van der Waals surface area contributed by atoms with E-state index in [1.165, 1.54) is 12.8 Å². The highest BCUT2D eigenvalue weighted by Crippen LogP contribution is 2.48. The van der Waals surface area contributed by atoms with Crippen molar-refractivity contribution in [3.63, 3.8) is 0 Å². The zero-order valence-corrected chi connectivity index (χ0v) is 12.9. The Labute approximate surface area is 123 Å². The van der Waals surface area contributed by atoms with Gasteiger partial charge in [-0.25, -0.2) is 0 Å². The Bertz CT molecular complexity index is 407. The molecule has 0 aromatic heterocycles. The smallest absolute Gasteiger partial charge is 0.0914 e. The van der Waals surface area contributed by atoms with Crippen LogP contribution in [0.25, 0.3) is 0 Å². The third kappa shape index (κ3) is 4.56. The molecule has 1 aliphatic rings. The van der Waals surface area contributed by atoms with Crippen molar-refractivity contribution >= 4 is 15.9 Å². The van der Waals surface area contributed by atoms with Gasteiger partial charge in [0, 0.05) is 31.3 Å². The van der Waals surface area contributed by atoms with Gasteiger partial charge in [-0.3, -0.25) is 0 Å². The summed E-state index contributed by atoms with van der Waals surface area (Å²) in [6.07, 6.45) is 3.21. The van der Waals surface area contributed by atoms with Gasteiger partial charge >= 0.3 is 0 Å². The highest BCUT2D eigenvalue weighted by molar-refractivity contribution is 9.10. The fourth-order valence-corrected chi connectivity index (χ4v) is 2.73. The van der Waals surface area contributed by atoms with E-state index in [4.69, 9.17) is 4.74 Å². The van der Waals surface area contributed by atoms with Crippen LogP contribution < -0.4 is 5.32 Å². The molecule has 1 fully saturated rings. The van der Waals surface area contributed by atoms with E-state index in [9.17, 15) is 5.11 Å². The Kier molecular flexibility index (Phi) is 5.39. The van der Waals surface area contributed by atoms with E-state index in [0.717, 1.165) is 29.6 Å². The molecular formula is C15H22BrNO2. The maximum absolute atomic E-state index is 10.1. The third-order valence-corrected chi connectivity index (χ3v) is 4.36. The summed E-state index contributed by atoms with van der Waals surface area (Å²) in [6, 6.07) is 7.83. The number of ether oxygens (including phenoxy) is 1. The van der Waals surface area contributed by atoms with E-state index in [1.54, 1.807) is 7.11 Å². The molecule has 0 saturated heterocycles. The van der Waals surface area contributed by atoms with Crippen LogP contribution in [-0.2, 0) is 4.74 Å². The number of aliphatic hydroxyl groups excluding tert-OH is 1. The fourth-order valence-electron chi connectivity index (χ4n) is 2.32. The van der Waals surface area contributed by atoms with E-state index in [1.807, 2.05) is 24.3 Å². The first kappa shape index (κ1) is 15.0. The van der Waals surface area contributed by atoms with Crippen molar-refractivity contribution in [3.05, 3.63) is 34.3 Å². The van der Waals surface area contributed by atoms with Gasteiger partial charge in [0.15, 0.2) is 0 Å². The van der Waals surface area contributed by atoms with Crippen LogP contribution in [0.4, 0.5) is 0 Å². The van der Waals surface area contributed by atoms with Gasteiger partial charge in [0.1, 0.15) is 0 Å². The molecular weight excluding hydrogens is 306 g/mol. The van der Waals surface area contributed by atoms with Crippen molar-refractivity contribution in [1.29, 1.82) is 0 Å². The summed E-state index contributed by atoms with van der Waals surface area (Å²) < 4.78 is 6.15. The van der Waals surface area contributed by atoms with Gasteiger partial charge in [-0.05, 0) is 42.4 Å². The monoisotopic (exact) mass is 327 g/mol. The van der Waals surface area contributed by atoms with Crippen LogP contribution in [0, 0.1) is 5.41 Å². The van der Waals surface area contributed by atoms with Crippen LogP contribution in [0.2, 0.25) is 0 Å². The summed E-state index contributed by atoms with van der Waals surface area (Å²) in [5.41, 5.74) is 1.37. The zero-order valence-electron chi connectivity index (χ0n) is 11.4. The maximum atomic E-state index is 10.1. The Balaban J connectivity index is 1.74. The molecule has 1 aliphatic carbocycles. The van der Waals surface area contributed by atoms with E-state index < -0.39 is 6.10 Å². The molecule has 3 nitrogen and oxygen atoms in total. The predicted molar refractivity (Wildman–Crippen MR) is 80.1 cm³/mol. The molecule has 1 saturated carbocycles. The number of benzene rings is 1. The molecule has 2 rings (SSSR count). The van der Waals surface area contributed by atoms with Gasteiger partial charge in [-0.2, -0.15) is 0 Å². The summed E-state index contributed by atoms with van der Waals surface area (Å²) in [5.74, 6) is 0. The van der Waals surface area contributed by atoms with Gasteiger partial charge in [0.25, 0.3) is 0 Å². The number of aliphatic hydroxyl groups is 1. The fraction of sp³-hybridized carbons (Fsp3) is 0.600. The molecule has 0 amide bonds. The lowest BCUT2D eigenvalue weighted by Gasteiger charge is -2.18. The molecule has 0 bridgehead atoms. The zero-order chi connectivity index (χ0) is 13.7. The maximum Gasteiger partial charge on any atom is 0.0914 e. The first-order chi connectivity index (χ1) is 9.15. The molecule has 0 heterocycles. The van der Waals surface area contributed by atoms with Crippen LogP contribution in [-0.4, -0.2) is 31.9 Å². The Morgan fingerprint density at radius 3 is 2.89 bits per heavy atom. The molecule has 0 aliphatic heterocycles. The molecule has 4 heteroatoms. The van der Waals surface area contributed by atoms with Gasteiger partial charge < -0.3 is 15.2 Å². The molecule has 19 heavy (non-hydrogen) atoms. The summed E-state index contributed by atoms with van der Waals surface area (Å²) in [5, 5.41) is 13.5. The number of halogens is 1. The lowest BCUT2D eigenvalue weighted by Crippen LogP contribution is -2.29. The Morgan fingerprint density at radius 1 is 1.47 bits per heavy atom. The molecule has 1 unspecified atom stereocenters. The molecule has 106 valence electrons. The highest BCUT2D eigenvalue weighted by atomic mass is 79.9.